The first-order valence-electron chi connectivity index (χ1n) is 4.59. The molecule has 0 fully saturated rings. The summed E-state index contributed by atoms with van der Waals surface area (Å²) < 4.78 is 9.70. The van der Waals surface area contributed by atoms with Gasteiger partial charge < -0.3 is 9.47 Å². The van der Waals surface area contributed by atoms with Crippen LogP contribution >= 0.6 is 15.9 Å². The Labute approximate surface area is 107 Å². The third-order valence-electron chi connectivity index (χ3n) is 1.81. The molecule has 0 bridgehead atoms. The summed E-state index contributed by atoms with van der Waals surface area (Å²) in [7, 11) is 2.34. The van der Waals surface area contributed by atoms with Crippen molar-refractivity contribution < 1.29 is 19.1 Å². The van der Waals surface area contributed by atoms with Gasteiger partial charge in [0.15, 0.2) is 0 Å². The number of hydrogen-bond donors (Lipinski definition) is 0. The Morgan fingerprint density at radius 2 is 1.76 bits per heavy atom. The Kier molecular flexibility index (Phi) is 4.84. The van der Waals surface area contributed by atoms with Crippen molar-refractivity contribution in [2.75, 3.05) is 14.2 Å². The van der Waals surface area contributed by atoms with Crippen LogP contribution in [0.15, 0.2) is 33.7 Å². The summed E-state index contributed by atoms with van der Waals surface area (Å²) >= 11 is 3.26. The summed E-state index contributed by atoms with van der Waals surface area (Å²) in [6, 6.07) is 6.84. The molecule has 0 unspecified atom stereocenters. The monoisotopic (exact) mass is 299 g/mol. The molecule has 0 spiro atoms. The van der Waals surface area contributed by atoms with Crippen LogP contribution in [-0.4, -0.2) is 31.9 Å². The Balaban J connectivity index is 3.13. The molecule has 90 valence electrons. The van der Waals surface area contributed by atoms with E-state index in [2.05, 4.69) is 30.4 Å². The van der Waals surface area contributed by atoms with Crippen molar-refractivity contribution in [1.82, 2.24) is 0 Å². The first kappa shape index (κ1) is 13.4. The van der Waals surface area contributed by atoms with Gasteiger partial charge in [-0.05, 0) is 18.2 Å². The largest absolute Gasteiger partial charge is 0.464 e. The molecule has 0 N–H and O–H groups in total. The SMILES string of the molecule is COC(=O)C(=Nc1cccc(Br)c1)C(=O)OC. The number of ether oxygens (including phenoxy) is 2. The van der Waals surface area contributed by atoms with Crippen LogP contribution in [0.5, 0.6) is 0 Å². The second-order valence-electron chi connectivity index (χ2n) is 2.92. The molecule has 0 aliphatic heterocycles. The number of esters is 2. The average Bonchev–Trinajstić information content (AvgIpc) is 2.34. The fraction of sp³-hybridized carbons (Fsp3) is 0.182. The summed E-state index contributed by atoms with van der Waals surface area (Å²) in [6.45, 7) is 0. The van der Waals surface area contributed by atoms with Crippen LogP contribution < -0.4 is 0 Å². The van der Waals surface area contributed by atoms with Crippen molar-refractivity contribution in [3.05, 3.63) is 28.7 Å². The molecule has 0 saturated carbocycles. The van der Waals surface area contributed by atoms with Crippen LogP contribution in [0.25, 0.3) is 0 Å². The molecule has 0 atom stereocenters. The zero-order valence-corrected chi connectivity index (χ0v) is 10.9. The molecule has 1 rings (SSSR count). The highest BCUT2D eigenvalue weighted by atomic mass is 79.9. The smallest absolute Gasteiger partial charge is 0.364 e. The van der Waals surface area contributed by atoms with Crippen LogP contribution in [-0.2, 0) is 19.1 Å². The van der Waals surface area contributed by atoms with Gasteiger partial charge in [0.1, 0.15) is 0 Å². The molecule has 5 nitrogen and oxygen atoms in total. The van der Waals surface area contributed by atoms with Crippen LogP contribution in [0.2, 0.25) is 0 Å². The minimum atomic E-state index is -0.836. The predicted octanol–water partition coefficient (Wildman–Crippen LogP) is 1.87. The van der Waals surface area contributed by atoms with Crippen LogP contribution in [0.3, 0.4) is 0 Å². The Hall–Kier alpha value is -1.69. The highest BCUT2D eigenvalue weighted by Gasteiger charge is 2.22. The van der Waals surface area contributed by atoms with Crippen molar-refractivity contribution in [2.45, 2.75) is 0 Å². The van der Waals surface area contributed by atoms with Gasteiger partial charge in [-0.1, -0.05) is 22.0 Å². The lowest BCUT2D eigenvalue weighted by Gasteiger charge is -2.02. The van der Waals surface area contributed by atoms with E-state index in [1.54, 1.807) is 24.3 Å². The first-order valence-corrected chi connectivity index (χ1v) is 5.38. The van der Waals surface area contributed by atoms with E-state index in [0.29, 0.717) is 5.69 Å². The van der Waals surface area contributed by atoms with E-state index in [1.165, 1.54) is 14.2 Å². The number of carbonyl (C=O) groups is 2. The van der Waals surface area contributed by atoms with Gasteiger partial charge in [-0.15, -0.1) is 0 Å². The molecule has 1 aromatic carbocycles. The maximum absolute atomic E-state index is 11.3. The second kappa shape index (κ2) is 6.15. The predicted molar refractivity (Wildman–Crippen MR) is 65.3 cm³/mol. The number of benzene rings is 1. The van der Waals surface area contributed by atoms with E-state index >= 15 is 0 Å². The number of aliphatic imine (C=N–C) groups is 1. The summed E-state index contributed by atoms with van der Waals surface area (Å²) in [5, 5.41) is 0. The van der Waals surface area contributed by atoms with Crippen molar-refractivity contribution in [1.29, 1.82) is 0 Å². The van der Waals surface area contributed by atoms with Crippen molar-refractivity contribution in [3.63, 3.8) is 0 Å². The lowest BCUT2D eigenvalue weighted by molar-refractivity contribution is -0.138. The Morgan fingerprint density at radius 1 is 1.18 bits per heavy atom. The van der Waals surface area contributed by atoms with E-state index in [0.717, 1.165) is 4.47 Å². The zero-order chi connectivity index (χ0) is 12.8. The molecule has 6 heteroatoms. The molecular weight excluding hydrogens is 290 g/mol. The lowest BCUT2D eigenvalue weighted by Crippen LogP contribution is -2.26. The quantitative estimate of drug-likeness (QED) is 0.485. The van der Waals surface area contributed by atoms with Crippen molar-refractivity contribution in [2.24, 2.45) is 4.99 Å². The third-order valence-corrected chi connectivity index (χ3v) is 2.30. The minimum absolute atomic E-state index is 0.395. The van der Waals surface area contributed by atoms with Gasteiger partial charge in [-0.25, -0.2) is 14.6 Å². The van der Waals surface area contributed by atoms with Gasteiger partial charge in [-0.3, -0.25) is 0 Å². The highest BCUT2D eigenvalue weighted by molar-refractivity contribution is 9.10. The van der Waals surface area contributed by atoms with E-state index < -0.39 is 17.7 Å². The number of rotatable bonds is 3. The number of halogens is 1. The molecular formula is C11H10BrNO4. The number of nitrogens with zero attached hydrogens (tertiary/aromatic N) is 1. The second-order valence-corrected chi connectivity index (χ2v) is 3.84. The van der Waals surface area contributed by atoms with E-state index in [-0.39, 0.29) is 0 Å². The van der Waals surface area contributed by atoms with Crippen LogP contribution in [0.1, 0.15) is 0 Å². The molecule has 0 radical (unpaired) electrons. The van der Waals surface area contributed by atoms with Gasteiger partial charge >= 0.3 is 11.9 Å². The molecule has 1 aromatic rings. The molecule has 0 saturated heterocycles. The molecule has 0 aromatic heterocycles. The van der Waals surface area contributed by atoms with Gasteiger partial charge in [0, 0.05) is 4.47 Å². The topological polar surface area (TPSA) is 65.0 Å². The van der Waals surface area contributed by atoms with Gasteiger partial charge in [-0.2, -0.15) is 0 Å². The van der Waals surface area contributed by atoms with E-state index in [4.69, 9.17) is 0 Å². The van der Waals surface area contributed by atoms with Gasteiger partial charge in [0.05, 0.1) is 19.9 Å². The molecule has 17 heavy (non-hydrogen) atoms. The summed E-state index contributed by atoms with van der Waals surface area (Å²) in [4.78, 5) is 26.6. The van der Waals surface area contributed by atoms with E-state index in [9.17, 15) is 9.59 Å². The maximum Gasteiger partial charge on any atom is 0.364 e. The first-order chi connectivity index (χ1) is 8.08. The number of carbonyl (C=O) groups excluding carboxylic acids is 2. The highest BCUT2D eigenvalue weighted by Crippen LogP contribution is 2.18. The molecule has 0 heterocycles. The van der Waals surface area contributed by atoms with Gasteiger partial charge in [0.2, 0.25) is 5.71 Å². The Bertz CT molecular complexity index is 452. The average molecular weight is 300 g/mol. The Morgan fingerprint density at radius 3 is 2.24 bits per heavy atom. The summed E-state index contributed by atoms with van der Waals surface area (Å²) in [6.07, 6.45) is 0. The minimum Gasteiger partial charge on any atom is -0.464 e. The number of methoxy groups -OCH3 is 2. The standard InChI is InChI=1S/C11H10BrNO4/c1-16-10(14)9(11(15)17-2)13-8-5-3-4-7(12)6-8/h3-6H,1-2H3. The molecule has 0 aliphatic rings. The van der Waals surface area contributed by atoms with Crippen molar-refractivity contribution in [3.8, 4) is 0 Å². The summed E-state index contributed by atoms with van der Waals surface area (Å²) in [5.41, 5.74) is 0.0540. The molecule has 0 aliphatic carbocycles. The molecule has 0 amide bonds. The van der Waals surface area contributed by atoms with Gasteiger partial charge in [0.25, 0.3) is 0 Å². The maximum atomic E-state index is 11.3. The van der Waals surface area contributed by atoms with Crippen LogP contribution in [0, 0.1) is 0 Å². The third kappa shape index (κ3) is 3.67. The normalized spacial score (nSPS) is 9.35. The summed E-state index contributed by atoms with van der Waals surface area (Å²) in [5.74, 6) is -1.67. The fourth-order valence-electron chi connectivity index (χ4n) is 1.04. The lowest BCUT2D eigenvalue weighted by atomic mass is 10.3. The van der Waals surface area contributed by atoms with Crippen molar-refractivity contribution >= 4 is 39.3 Å². The van der Waals surface area contributed by atoms with Crippen LogP contribution in [0.4, 0.5) is 5.69 Å². The zero-order valence-electron chi connectivity index (χ0n) is 9.27. The van der Waals surface area contributed by atoms with E-state index in [1.807, 2.05) is 0 Å². The fourth-order valence-corrected chi connectivity index (χ4v) is 1.43. The number of hydrogen-bond acceptors (Lipinski definition) is 5.